The number of hydrogen-bond donors (Lipinski definition) is 1. The van der Waals surface area contributed by atoms with Crippen molar-refractivity contribution in [2.45, 2.75) is 37.8 Å². The first-order valence-corrected chi connectivity index (χ1v) is 8.17. The summed E-state index contributed by atoms with van der Waals surface area (Å²) < 4.78 is 0.974. The van der Waals surface area contributed by atoms with E-state index in [-0.39, 0.29) is 10.6 Å². The van der Waals surface area contributed by atoms with Crippen LogP contribution in [-0.2, 0) is 0 Å². The third kappa shape index (κ3) is 3.06. The van der Waals surface area contributed by atoms with Crippen molar-refractivity contribution in [3.05, 3.63) is 31.9 Å². The van der Waals surface area contributed by atoms with Crippen LogP contribution in [0.1, 0.15) is 25.7 Å². The fourth-order valence-corrected chi connectivity index (χ4v) is 3.63. The summed E-state index contributed by atoms with van der Waals surface area (Å²) in [4.78, 5) is 12.9. The number of non-ortho nitro benzene ring substituents is 1. The van der Waals surface area contributed by atoms with E-state index < -0.39 is 0 Å². The summed E-state index contributed by atoms with van der Waals surface area (Å²) in [5.41, 5.74) is 1.32. The Balaban J connectivity index is 1.81. The van der Waals surface area contributed by atoms with Crippen LogP contribution >= 0.6 is 22.6 Å². The van der Waals surface area contributed by atoms with Crippen LogP contribution in [0.5, 0.6) is 0 Å². The van der Waals surface area contributed by atoms with Gasteiger partial charge < -0.3 is 10.2 Å². The van der Waals surface area contributed by atoms with Gasteiger partial charge in [-0.25, -0.2) is 0 Å². The number of benzene rings is 1. The monoisotopic (exact) mass is 387 g/mol. The highest BCUT2D eigenvalue weighted by atomic mass is 127. The van der Waals surface area contributed by atoms with Crippen LogP contribution in [0, 0.1) is 13.7 Å². The van der Waals surface area contributed by atoms with Crippen LogP contribution in [0.25, 0.3) is 0 Å². The van der Waals surface area contributed by atoms with Gasteiger partial charge in [-0.15, -0.1) is 0 Å². The zero-order valence-electron chi connectivity index (χ0n) is 11.2. The van der Waals surface area contributed by atoms with Crippen molar-refractivity contribution in [2.24, 2.45) is 0 Å². The lowest BCUT2D eigenvalue weighted by molar-refractivity contribution is -0.384. The van der Waals surface area contributed by atoms with Crippen molar-refractivity contribution in [3.8, 4) is 0 Å². The van der Waals surface area contributed by atoms with Gasteiger partial charge in [0.15, 0.2) is 0 Å². The van der Waals surface area contributed by atoms with Gasteiger partial charge in [0.25, 0.3) is 5.69 Å². The molecule has 2 fully saturated rings. The molecule has 6 heteroatoms. The maximum Gasteiger partial charge on any atom is 0.270 e. The molecule has 1 N–H and O–H groups in total. The molecule has 1 saturated heterocycles. The minimum Gasteiger partial charge on any atom is -0.366 e. The first-order chi connectivity index (χ1) is 9.65. The summed E-state index contributed by atoms with van der Waals surface area (Å²) >= 11 is 2.22. The van der Waals surface area contributed by atoms with E-state index in [1.54, 1.807) is 12.1 Å². The van der Waals surface area contributed by atoms with Crippen molar-refractivity contribution in [1.82, 2.24) is 5.32 Å². The fourth-order valence-electron chi connectivity index (χ4n) is 2.82. The summed E-state index contributed by atoms with van der Waals surface area (Å²) in [6.45, 7) is 2.12. The summed E-state index contributed by atoms with van der Waals surface area (Å²) in [6.07, 6.45) is 4.95. The lowest BCUT2D eigenvalue weighted by Gasteiger charge is -2.28. The second-order valence-electron chi connectivity index (χ2n) is 5.57. The number of nitrogens with zero attached hydrogens (tertiary/aromatic N) is 2. The zero-order chi connectivity index (χ0) is 14.1. The molecule has 1 atom stereocenters. The quantitative estimate of drug-likeness (QED) is 0.480. The molecule has 5 nitrogen and oxygen atoms in total. The van der Waals surface area contributed by atoms with Gasteiger partial charge in [0.1, 0.15) is 0 Å². The van der Waals surface area contributed by atoms with Gasteiger partial charge in [0.05, 0.1) is 10.6 Å². The molecule has 0 amide bonds. The Labute approximate surface area is 132 Å². The molecule has 0 radical (unpaired) electrons. The van der Waals surface area contributed by atoms with Crippen molar-refractivity contribution < 1.29 is 4.92 Å². The summed E-state index contributed by atoms with van der Waals surface area (Å²) in [6, 6.07) is 6.38. The highest BCUT2D eigenvalue weighted by Gasteiger charge is 2.32. The van der Waals surface area contributed by atoms with E-state index in [0.29, 0.717) is 12.1 Å². The molecule has 0 aromatic heterocycles. The Bertz CT molecular complexity index is 513. The third-order valence-electron chi connectivity index (χ3n) is 4.02. The molecule has 1 aromatic rings. The predicted octanol–water partition coefficient (Wildman–Crippen LogP) is 2.92. The minimum absolute atomic E-state index is 0.174. The third-order valence-corrected chi connectivity index (χ3v) is 4.88. The first-order valence-electron chi connectivity index (χ1n) is 7.09. The predicted molar refractivity (Wildman–Crippen MR) is 87.2 cm³/mol. The lowest BCUT2D eigenvalue weighted by Crippen LogP contribution is -2.39. The van der Waals surface area contributed by atoms with E-state index in [1.165, 1.54) is 25.7 Å². The zero-order valence-corrected chi connectivity index (χ0v) is 13.4. The average Bonchev–Trinajstić information content (AvgIpc) is 3.14. The molecule has 2 aliphatic rings. The van der Waals surface area contributed by atoms with E-state index in [2.05, 4.69) is 32.8 Å². The van der Waals surface area contributed by atoms with E-state index in [9.17, 15) is 10.1 Å². The van der Waals surface area contributed by atoms with Gasteiger partial charge in [0, 0.05) is 34.3 Å². The maximum atomic E-state index is 10.8. The van der Waals surface area contributed by atoms with Gasteiger partial charge in [-0.1, -0.05) is 0 Å². The standard InChI is InChI=1S/C14H18IN3O2/c15-13-8-12(18(19)20)5-6-14(13)17(11-3-4-11)9-10-2-1-7-16-10/h5-6,8,10-11,16H,1-4,7,9H2. The summed E-state index contributed by atoms with van der Waals surface area (Å²) in [5, 5.41) is 14.4. The van der Waals surface area contributed by atoms with Crippen LogP contribution < -0.4 is 10.2 Å². The molecule has 1 aliphatic carbocycles. The van der Waals surface area contributed by atoms with E-state index in [1.807, 2.05) is 6.07 Å². The lowest BCUT2D eigenvalue weighted by atomic mass is 10.2. The van der Waals surface area contributed by atoms with Crippen molar-refractivity contribution >= 4 is 34.0 Å². The van der Waals surface area contributed by atoms with E-state index in [4.69, 9.17) is 0 Å². The Morgan fingerprint density at radius 3 is 2.75 bits per heavy atom. The minimum atomic E-state index is -0.327. The van der Waals surface area contributed by atoms with Gasteiger partial charge >= 0.3 is 0 Å². The number of nitro groups is 1. The van der Waals surface area contributed by atoms with Crippen LogP contribution in [0.15, 0.2) is 18.2 Å². The van der Waals surface area contributed by atoms with Crippen LogP contribution in [0.4, 0.5) is 11.4 Å². The van der Waals surface area contributed by atoms with E-state index in [0.717, 1.165) is 22.3 Å². The number of rotatable bonds is 5. The highest BCUT2D eigenvalue weighted by Crippen LogP contribution is 2.36. The van der Waals surface area contributed by atoms with Gasteiger partial charge in [-0.3, -0.25) is 10.1 Å². The molecule has 0 spiro atoms. The molecule has 20 heavy (non-hydrogen) atoms. The Morgan fingerprint density at radius 1 is 1.40 bits per heavy atom. The molecule has 1 unspecified atom stereocenters. The molecule has 0 bridgehead atoms. The van der Waals surface area contributed by atoms with Gasteiger partial charge in [0.2, 0.25) is 0 Å². The van der Waals surface area contributed by atoms with Crippen molar-refractivity contribution in [2.75, 3.05) is 18.0 Å². The normalized spacial score (nSPS) is 21.9. The van der Waals surface area contributed by atoms with Gasteiger partial charge in [-0.2, -0.15) is 0 Å². The first kappa shape index (κ1) is 14.1. The summed E-state index contributed by atoms with van der Waals surface area (Å²) in [7, 11) is 0. The average molecular weight is 387 g/mol. The summed E-state index contributed by atoms with van der Waals surface area (Å²) in [5.74, 6) is 0. The molecule has 1 heterocycles. The largest absolute Gasteiger partial charge is 0.366 e. The Hall–Kier alpha value is -0.890. The number of hydrogen-bond acceptors (Lipinski definition) is 4. The molecular formula is C14H18IN3O2. The molecule has 1 saturated carbocycles. The molecule has 1 aromatic carbocycles. The number of nitro benzene ring substituents is 1. The van der Waals surface area contributed by atoms with Crippen LogP contribution in [0.2, 0.25) is 0 Å². The molecule has 108 valence electrons. The van der Waals surface area contributed by atoms with Crippen LogP contribution in [-0.4, -0.2) is 30.1 Å². The Morgan fingerprint density at radius 2 is 2.20 bits per heavy atom. The van der Waals surface area contributed by atoms with Crippen molar-refractivity contribution in [3.63, 3.8) is 0 Å². The smallest absolute Gasteiger partial charge is 0.270 e. The molecule has 3 rings (SSSR count). The SMILES string of the molecule is O=[N+]([O-])c1ccc(N(CC2CCCN2)C2CC2)c(I)c1. The molecular weight excluding hydrogens is 369 g/mol. The number of anilines is 1. The maximum absolute atomic E-state index is 10.8. The van der Waals surface area contributed by atoms with Gasteiger partial charge in [-0.05, 0) is 60.9 Å². The van der Waals surface area contributed by atoms with Crippen molar-refractivity contribution in [1.29, 1.82) is 0 Å². The Kier molecular flexibility index (Phi) is 4.11. The van der Waals surface area contributed by atoms with Crippen LogP contribution in [0.3, 0.4) is 0 Å². The second kappa shape index (κ2) is 5.85. The highest BCUT2D eigenvalue weighted by molar-refractivity contribution is 14.1. The molecule has 1 aliphatic heterocycles. The second-order valence-corrected chi connectivity index (χ2v) is 6.73. The fraction of sp³-hybridized carbons (Fsp3) is 0.571. The van der Waals surface area contributed by atoms with E-state index >= 15 is 0 Å². The number of nitrogens with one attached hydrogen (secondary N) is 1. The topological polar surface area (TPSA) is 58.4 Å². The number of halogens is 1.